The fourth-order valence-electron chi connectivity index (χ4n) is 4.47. The summed E-state index contributed by atoms with van der Waals surface area (Å²) in [7, 11) is 4.01. The zero-order valence-electron chi connectivity index (χ0n) is 20.2. The van der Waals surface area contributed by atoms with E-state index >= 15 is 0 Å². The van der Waals surface area contributed by atoms with E-state index in [0.29, 0.717) is 24.9 Å². The van der Waals surface area contributed by atoms with Crippen LogP contribution in [0.3, 0.4) is 0 Å². The number of ether oxygens (including phenoxy) is 1. The maximum absolute atomic E-state index is 12.3. The molecule has 34 heavy (non-hydrogen) atoms. The summed E-state index contributed by atoms with van der Waals surface area (Å²) in [6.45, 7) is 1.41. The summed E-state index contributed by atoms with van der Waals surface area (Å²) < 4.78 is 5.67. The second-order valence-corrected chi connectivity index (χ2v) is 9.21. The number of benzene rings is 2. The van der Waals surface area contributed by atoms with Gasteiger partial charge < -0.3 is 20.3 Å². The normalized spacial score (nSPS) is 17.8. The summed E-state index contributed by atoms with van der Waals surface area (Å²) in [4.78, 5) is 23.8. The van der Waals surface area contributed by atoms with Crippen LogP contribution in [0.1, 0.15) is 38.5 Å². The Morgan fingerprint density at radius 2 is 1.74 bits per heavy atom. The van der Waals surface area contributed by atoms with Crippen LogP contribution in [0.5, 0.6) is 5.75 Å². The van der Waals surface area contributed by atoms with Crippen LogP contribution in [-0.4, -0.2) is 49.2 Å². The van der Waals surface area contributed by atoms with Crippen molar-refractivity contribution in [2.75, 3.05) is 37.5 Å². The average Bonchev–Trinajstić information content (AvgIpc) is 2.86. The Labute approximate surface area is 201 Å². The van der Waals surface area contributed by atoms with E-state index in [1.165, 1.54) is 0 Å². The second-order valence-electron chi connectivity index (χ2n) is 9.21. The van der Waals surface area contributed by atoms with Gasteiger partial charge in [0, 0.05) is 38.5 Å². The van der Waals surface area contributed by atoms with E-state index in [-0.39, 0.29) is 11.9 Å². The van der Waals surface area contributed by atoms with E-state index in [0.717, 1.165) is 61.1 Å². The van der Waals surface area contributed by atoms with E-state index in [1.54, 1.807) is 0 Å². The van der Waals surface area contributed by atoms with Crippen molar-refractivity contribution >= 4 is 28.6 Å². The largest absolute Gasteiger partial charge is 0.494 e. The number of aromatic nitrogens is 2. The van der Waals surface area contributed by atoms with Gasteiger partial charge in [-0.15, -0.1) is 0 Å². The number of hydrogen-bond acceptors (Lipinski definition) is 6. The maximum Gasteiger partial charge on any atom is 0.225 e. The zero-order chi connectivity index (χ0) is 23.8. The third-order valence-electron chi connectivity index (χ3n) is 6.33. The van der Waals surface area contributed by atoms with Crippen molar-refractivity contribution < 1.29 is 9.53 Å². The molecule has 2 N–H and O–H groups in total. The summed E-state index contributed by atoms with van der Waals surface area (Å²) in [5.41, 5.74) is 0.948. The minimum atomic E-state index is 0.124. The molecule has 1 aromatic heterocycles. The van der Waals surface area contributed by atoms with Gasteiger partial charge in [-0.3, -0.25) is 4.79 Å². The van der Waals surface area contributed by atoms with E-state index in [4.69, 9.17) is 14.7 Å². The quantitative estimate of drug-likeness (QED) is 0.428. The van der Waals surface area contributed by atoms with Crippen molar-refractivity contribution in [3.63, 3.8) is 0 Å². The van der Waals surface area contributed by atoms with Crippen molar-refractivity contribution in [3.8, 4) is 5.75 Å². The zero-order valence-corrected chi connectivity index (χ0v) is 20.2. The van der Waals surface area contributed by atoms with Crippen LogP contribution in [0.25, 0.3) is 10.9 Å². The molecule has 0 spiro atoms. The van der Waals surface area contributed by atoms with Gasteiger partial charge >= 0.3 is 0 Å². The number of carbonyl (C=O) groups is 1. The van der Waals surface area contributed by atoms with E-state index in [2.05, 4.69) is 16.7 Å². The molecule has 1 fully saturated rings. The minimum absolute atomic E-state index is 0.124. The average molecular weight is 462 g/mol. The number of fused-ring (bicyclic) bond motifs is 1. The lowest BCUT2D eigenvalue weighted by molar-refractivity contribution is -0.122. The van der Waals surface area contributed by atoms with Crippen LogP contribution in [-0.2, 0) is 4.79 Å². The van der Waals surface area contributed by atoms with Gasteiger partial charge in [0.15, 0.2) is 0 Å². The molecule has 0 unspecified atom stereocenters. The lowest BCUT2D eigenvalue weighted by Crippen LogP contribution is -2.38. The molecule has 180 valence electrons. The minimum Gasteiger partial charge on any atom is -0.494 e. The Bertz CT molecular complexity index is 1070. The second kappa shape index (κ2) is 11.7. The van der Waals surface area contributed by atoms with Crippen LogP contribution in [0.15, 0.2) is 54.6 Å². The standard InChI is InChI=1S/C27H35N5O2/c1-32(2)26-23-11-6-7-12-24(23)30-27(31-26)28-19-20-14-16-21(17-15-20)29-25(33)13-8-18-34-22-9-4-3-5-10-22/h3-7,9-12,20-21H,8,13-19H2,1-2H3,(H,29,33)(H,28,30,31). The molecule has 2 aromatic carbocycles. The number of carbonyl (C=O) groups excluding carboxylic acids is 1. The lowest BCUT2D eigenvalue weighted by atomic mass is 9.86. The molecule has 0 bridgehead atoms. The third kappa shape index (κ3) is 6.59. The first kappa shape index (κ1) is 23.8. The topological polar surface area (TPSA) is 79.4 Å². The van der Waals surface area contributed by atoms with Gasteiger partial charge in [0.2, 0.25) is 11.9 Å². The molecule has 1 amide bonds. The maximum atomic E-state index is 12.3. The van der Waals surface area contributed by atoms with Crippen LogP contribution < -0.4 is 20.3 Å². The SMILES string of the molecule is CN(C)c1nc(NCC2CCC(NC(=O)CCCOc3ccccc3)CC2)nc2ccccc12. The number of anilines is 2. The van der Waals surface area contributed by atoms with Crippen LogP contribution in [0, 0.1) is 5.92 Å². The van der Waals surface area contributed by atoms with Crippen molar-refractivity contribution in [2.24, 2.45) is 5.92 Å². The highest BCUT2D eigenvalue weighted by atomic mass is 16.5. The molecule has 7 heteroatoms. The molecule has 7 nitrogen and oxygen atoms in total. The predicted octanol–water partition coefficient (Wildman–Crippen LogP) is 4.64. The first-order valence-electron chi connectivity index (χ1n) is 12.2. The number of hydrogen-bond donors (Lipinski definition) is 2. The lowest BCUT2D eigenvalue weighted by Gasteiger charge is -2.29. The third-order valence-corrected chi connectivity index (χ3v) is 6.33. The summed E-state index contributed by atoms with van der Waals surface area (Å²) in [6.07, 6.45) is 5.43. The summed E-state index contributed by atoms with van der Waals surface area (Å²) in [5.74, 6) is 3.13. The van der Waals surface area contributed by atoms with Crippen molar-refractivity contribution in [1.29, 1.82) is 0 Å². The van der Waals surface area contributed by atoms with Gasteiger partial charge in [-0.25, -0.2) is 4.98 Å². The Morgan fingerprint density at radius 1 is 1.00 bits per heavy atom. The van der Waals surface area contributed by atoms with Crippen LogP contribution >= 0.6 is 0 Å². The van der Waals surface area contributed by atoms with E-state index in [9.17, 15) is 4.79 Å². The molecule has 0 radical (unpaired) electrons. The van der Waals surface area contributed by atoms with Crippen molar-refractivity contribution in [1.82, 2.24) is 15.3 Å². The molecular formula is C27H35N5O2. The Kier molecular flexibility index (Phi) is 8.17. The smallest absolute Gasteiger partial charge is 0.225 e. The first-order valence-corrected chi connectivity index (χ1v) is 12.2. The van der Waals surface area contributed by atoms with Gasteiger partial charge in [0.1, 0.15) is 11.6 Å². The fraction of sp³-hybridized carbons (Fsp3) is 0.444. The predicted molar refractivity (Wildman–Crippen MR) is 137 cm³/mol. The van der Waals surface area contributed by atoms with Gasteiger partial charge in [-0.2, -0.15) is 4.98 Å². The Hall–Kier alpha value is -3.35. The number of amides is 1. The number of rotatable bonds is 10. The molecule has 1 heterocycles. The van der Waals surface area contributed by atoms with Crippen LogP contribution in [0.2, 0.25) is 0 Å². The monoisotopic (exact) mass is 461 g/mol. The summed E-state index contributed by atoms with van der Waals surface area (Å²) >= 11 is 0. The Balaban J connectivity index is 1.17. The molecule has 0 atom stereocenters. The molecule has 3 aromatic rings. The first-order chi connectivity index (χ1) is 16.6. The number of nitrogens with one attached hydrogen (secondary N) is 2. The van der Waals surface area contributed by atoms with E-state index in [1.807, 2.05) is 67.5 Å². The molecule has 0 aliphatic heterocycles. The van der Waals surface area contributed by atoms with Crippen molar-refractivity contribution in [3.05, 3.63) is 54.6 Å². The molecule has 1 saturated carbocycles. The highest BCUT2D eigenvalue weighted by Gasteiger charge is 2.22. The molecule has 1 aliphatic rings. The summed E-state index contributed by atoms with van der Waals surface area (Å²) in [5, 5.41) is 7.72. The van der Waals surface area contributed by atoms with Crippen LogP contribution in [0.4, 0.5) is 11.8 Å². The highest BCUT2D eigenvalue weighted by molar-refractivity contribution is 5.90. The number of nitrogens with zero attached hydrogens (tertiary/aromatic N) is 3. The highest BCUT2D eigenvalue weighted by Crippen LogP contribution is 2.26. The van der Waals surface area contributed by atoms with E-state index < -0.39 is 0 Å². The molecular weight excluding hydrogens is 426 g/mol. The molecule has 4 rings (SSSR count). The van der Waals surface area contributed by atoms with Gasteiger partial charge in [0.25, 0.3) is 0 Å². The van der Waals surface area contributed by atoms with Gasteiger partial charge in [-0.05, 0) is 62.3 Å². The molecule has 1 aliphatic carbocycles. The summed E-state index contributed by atoms with van der Waals surface area (Å²) in [6, 6.07) is 18.1. The Morgan fingerprint density at radius 3 is 2.50 bits per heavy atom. The van der Waals surface area contributed by atoms with Gasteiger partial charge in [0.05, 0.1) is 12.1 Å². The van der Waals surface area contributed by atoms with Crippen molar-refractivity contribution in [2.45, 2.75) is 44.6 Å². The van der Waals surface area contributed by atoms with Gasteiger partial charge in [-0.1, -0.05) is 30.3 Å². The fourth-order valence-corrected chi connectivity index (χ4v) is 4.47. The molecule has 0 saturated heterocycles. The number of para-hydroxylation sites is 2.